The summed E-state index contributed by atoms with van der Waals surface area (Å²) in [6, 6.07) is 7.86. The number of rotatable bonds is 5. The van der Waals surface area contributed by atoms with E-state index in [9.17, 15) is 18.0 Å². The van der Waals surface area contributed by atoms with Crippen LogP contribution in [0.4, 0.5) is 0 Å². The van der Waals surface area contributed by atoms with E-state index in [0.717, 1.165) is 27.3 Å². The first-order chi connectivity index (χ1) is 12.8. The van der Waals surface area contributed by atoms with Crippen molar-refractivity contribution in [3.05, 3.63) is 62.4 Å². The van der Waals surface area contributed by atoms with E-state index in [-0.39, 0.29) is 10.9 Å². The third-order valence-corrected chi connectivity index (χ3v) is 7.11. The molecule has 3 rings (SSSR count). The Morgan fingerprint density at radius 3 is 2.48 bits per heavy atom. The molecule has 1 atom stereocenters. The summed E-state index contributed by atoms with van der Waals surface area (Å²) in [4.78, 5) is 24.1. The zero-order chi connectivity index (χ0) is 19.8. The van der Waals surface area contributed by atoms with Crippen LogP contribution in [-0.4, -0.2) is 34.4 Å². The second-order valence-electron chi connectivity index (χ2n) is 7.03. The van der Waals surface area contributed by atoms with Crippen LogP contribution in [0.3, 0.4) is 0 Å². The van der Waals surface area contributed by atoms with Gasteiger partial charge in [0.05, 0.1) is 0 Å². The molecule has 2 aromatic rings. The van der Waals surface area contributed by atoms with Crippen molar-refractivity contribution in [1.29, 1.82) is 0 Å². The van der Waals surface area contributed by atoms with Gasteiger partial charge in [-0.15, -0.1) is 0 Å². The van der Waals surface area contributed by atoms with Crippen LogP contribution in [0.15, 0.2) is 44.9 Å². The Hall–Kier alpha value is -2.19. The summed E-state index contributed by atoms with van der Waals surface area (Å²) in [7, 11) is -1.27. The van der Waals surface area contributed by atoms with E-state index in [1.54, 1.807) is 0 Å². The number of benzene rings is 1. The van der Waals surface area contributed by atoms with Gasteiger partial charge in [-0.3, -0.25) is 9.36 Å². The third-order valence-electron chi connectivity index (χ3n) is 5.17. The van der Waals surface area contributed by atoms with Crippen LogP contribution in [0.1, 0.15) is 30.9 Å². The molecule has 27 heavy (non-hydrogen) atoms. The predicted octanol–water partition coefficient (Wildman–Crippen LogP) is 1.04. The summed E-state index contributed by atoms with van der Waals surface area (Å²) in [6.07, 6.45) is 3.93. The molecular weight excluding hydrogens is 366 g/mol. The van der Waals surface area contributed by atoms with Gasteiger partial charge in [0.2, 0.25) is 10.0 Å². The first-order valence-corrected chi connectivity index (χ1v) is 10.6. The molecule has 0 fully saturated rings. The monoisotopic (exact) mass is 391 g/mol. The fourth-order valence-corrected chi connectivity index (χ4v) is 5.62. The van der Waals surface area contributed by atoms with Crippen LogP contribution in [-0.2, 0) is 37.0 Å². The summed E-state index contributed by atoms with van der Waals surface area (Å²) >= 11 is 0. The maximum atomic E-state index is 13.4. The van der Waals surface area contributed by atoms with Gasteiger partial charge in [-0.05, 0) is 36.8 Å². The van der Waals surface area contributed by atoms with Gasteiger partial charge in [0, 0.05) is 32.9 Å². The topological polar surface area (TPSA) is 81.4 Å². The average Bonchev–Trinajstić information content (AvgIpc) is 2.66. The molecule has 0 bridgehead atoms. The van der Waals surface area contributed by atoms with Gasteiger partial charge < -0.3 is 4.57 Å². The lowest BCUT2D eigenvalue weighted by Gasteiger charge is -2.34. The Morgan fingerprint density at radius 2 is 1.81 bits per heavy atom. The number of nitrogens with zero attached hydrogens (tertiary/aromatic N) is 3. The molecule has 1 aromatic carbocycles. The Labute approximate surface area is 158 Å². The zero-order valence-electron chi connectivity index (χ0n) is 15.9. The highest BCUT2D eigenvalue weighted by Crippen LogP contribution is 2.27. The van der Waals surface area contributed by atoms with Gasteiger partial charge in [0.1, 0.15) is 0 Å². The van der Waals surface area contributed by atoms with E-state index >= 15 is 0 Å². The summed E-state index contributed by atoms with van der Waals surface area (Å²) in [6.45, 7) is 2.25. The third kappa shape index (κ3) is 3.51. The van der Waals surface area contributed by atoms with Gasteiger partial charge in [-0.1, -0.05) is 31.2 Å². The second-order valence-corrected chi connectivity index (χ2v) is 8.89. The lowest BCUT2D eigenvalue weighted by molar-refractivity contribution is 0.292. The average molecular weight is 391 g/mol. The molecule has 0 spiro atoms. The van der Waals surface area contributed by atoms with Crippen LogP contribution in [0.25, 0.3) is 0 Å². The van der Waals surface area contributed by atoms with Gasteiger partial charge in [0.25, 0.3) is 5.56 Å². The molecule has 0 saturated carbocycles. The van der Waals surface area contributed by atoms with E-state index in [2.05, 4.69) is 6.07 Å². The fourth-order valence-electron chi connectivity index (χ4n) is 3.72. The van der Waals surface area contributed by atoms with E-state index in [1.807, 2.05) is 25.1 Å². The SMILES string of the molecule is CCCN([C@@H]1CCc2ccccc2C1)S(=O)(=O)c1cn(C)c(=O)n(C)c1=O. The number of hydrogen-bond acceptors (Lipinski definition) is 4. The molecule has 0 amide bonds. The van der Waals surface area contributed by atoms with Gasteiger partial charge in [-0.25, -0.2) is 13.2 Å². The van der Waals surface area contributed by atoms with Crippen molar-refractivity contribution in [2.24, 2.45) is 14.1 Å². The van der Waals surface area contributed by atoms with Gasteiger partial charge >= 0.3 is 5.69 Å². The molecular formula is C19H25N3O4S. The Balaban J connectivity index is 2.05. The second kappa shape index (κ2) is 7.44. The maximum absolute atomic E-state index is 13.4. The number of hydrogen-bond donors (Lipinski definition) is 0. The molecule has 146 valence electrons. The first-order valence-electron chi connectivity index (χ1n) is 9.12. The molecule has 0 aliphatic heterocycles. The molecule has 8 heteroatoms. The molecule has 0 unspecified atom stereocenters. The number of aryl methyl sites for hydroxylation is 2. The van der Waals surface area contributed by atoms with E-state index in [4.69, 9.17) is 0 Å². The van der Waals surface area contributed by atoms with Crippen LogP contribution in [0, 0.1) is 0 Å². The maximum Gasteiger partial charge on any atom is 0.330 e. The van der Waals surface area contributed by atoms with Crippen LogP contribution in [0.2, 0.25) is 0 Å². The summed E-state index contributed by atoms with van der Waals surface area (Å²) < 4.78 is 30.2. The van der Waals surface area contributed by atoms with Crippen molar-refractivity contribution < 1.29 is 8.42 Å². The minimum atomic E-state index is -4.02. The summed E-state index contributed by atoms with van der Waals surface area (Å²) in [5.74, 6) is 0. The predicted molar refractivity (Wildman–Crippen MR) is 103 cm³/mol. The van der Waals surface area contributed by atoms with E-state index in [1.165, 1.54) is 24.0 Å². The van der Waals surface area contributed by atoms with Crippen molar-refractivity contribution in [1.82, 2.24) is 13.4 Å². The van der Waals surface area contributed by atoms with Crippen molar-refractivity contribution in [2.75, 3.05) is 6.54 Å². The van der Waals surface area contributed by atoms with Crippen LogP contribution >= 0.6 is 0 Å². The lowest BCUT2D eigenvalue weighted by Crippen LogP contribution is -2.47. The summed E-state index contributed by atoms with van der Waals surface area (Å²) in [5, 5.41) is 0. The zero-order valence-corrected chi connectivity index (χ0v) is 16.7. The number of aromatic nitrogens is 2. The van der Waals surface area contributed by atoms with E-state index in [0.29, 0.717) is 25.8 Å². The largest absolute Gasteiger partial charge is 0.330 e. The Kier molecular flexibility index (Phi) is 5.39. The van der Waals surface area contributed by atoms with Crippen molar-refractivity contribution in [3.8, 4) is 0 Å². The number of sulfonamides is 1. The van der Waals surface area contributed by atoms with Gasteiger partial charge in [0.15, 0.2) is 4.90 Å². The van der Waals surface area contributed by atoms with E-state index < -0.39 is 21.3 Å². The molecule has 1 aromatic heterocycles. The van der Waals surface area contributed by atoms with Crippen LogP contribution in [0.5, 0.6) is 0 Å². The molecule has 0 saturated heterocycles. The minimum absolute atomic E-state index is 0.202. The fraction of sp³-hybridized carbons (Fsp3) is 0.474. The Bertz CT molecular complexity index is 1070. The smallest absolute Gasteiger partial charge is 0.302 e. The van der Waals surface area contributed by atoms with Crippen molar-refractivity contribution in [3.63, 3.8) is 0 Å². The molecule has 0 N–H and O–H groups in total. The van der Waals surface area contributed by atoms with Crippen LogP contribution < -0.4 is 11.2 Å². The summed E-state index contributed by atoms with van der Waals surface area (Å²) in [5.41, 5.74) is 1.07. The molecule has 1 aliphatic carbocycles. The van der Waals surface area contributed by atoms with Gasteiger partial charge in [-0.2, -0.15) is 4.31 Å². The molecule has 0 radical (unpaired) electrons. The Morgan fingerprint density at radius 1 is 1.15 bits per heavy atom. The quantitative estimate of drug-likeness (QED) is 0.763. The number of fused-ring (bicyclic) bond motifs is 1. The minimum Gasteiger partial charge on any atom is -0.302 e. The first kappa shape index (κ1) is 19.6. The lowest BCUT2D eigenvalue weighted by atomic mass is 9.88. The van der Waals surface area contributed by atoms with Crippen molar-refractivity contribution in [2.45, 2.75) is 43.5 Å². The highest BCUT2D eigenvalue weighted by atomic mass is 32.2. The normalized spacial score (nSPS) is 17.1. The van der Waals surface area contributed by atoms with Crippen molar-refractivity contribution >= 4 is 10.0 Å². The highest BCUT2D eigenvalue weighted by molar-refractivity contribution is 7.89. The highest BCUT2D eigenvalue weighted by Gasteiger charge is 2.35. The molecule has 1 heterocycles. The molecule has 1 aliphatic rings. The molecule has 7 nitrogen and oxygen atoms in total. The standard InChI is InChI=1S/C19H25N3O4S/c1-4-11-22(16-10-9-14-7-5-6-8-15(14)12-16)27(25,26)17-13-20(2)19(24)21(3)18(17)23/h5-8,13,16H,4,9-12H2,1-3H3/t16-/m1/s1.